The minimum absolute atomic E-state index is 0.0429. The summed E-state index contributed by atoms with van der Waals surface area (Å²) in [6.45, 7) is 4.71. The van der Waals surface area contributed by atoms with Gasteiger partial charge in [-0.05, 0) is 67.3 Å². The molecule has 2 atom stereocenters. The zero-order chi connectivity index (χ0) is 34.2. The Morgan fingerprint density at radius 3 is 2.09 bits per heavy atom. The molecule has 0 aromatic heterocycles. The number of nitrogens with zero attached hydrogens (tertiary/aromatic N) is 2. The first-order valence-electron chi connectivity index (χ1n) is 15.2. The minimum Gasteiger partial charge on any atom is -0.352 e. The number of alkyl halides is 3. The third-order valence-electron chi connectivity index (χ3n) is 7.95. The van der Waals surface area contributed by atoms with Gasteiger partial charge in [0.15, 0.2) is 0 Å². The topological polar surface area (TPSA) is 86.8 Å². The smallest absolute Gasteiger partial charge is 0.352 e. The molecule has 0 unspecified atom stereocenters. The summed E-state index contributed by atoms with van der Waals surface area (Å²) in [7, 11) is -4.54. The Kier molecular flexibility index (Phi) is 11.5. The van der Waals surface area contributed by atoms with Crippen LogP contribution in [-0.4, -0.2) is 43.8 Å². The molecule has 47 heavy (non-hydrogen) atoms. The molecule has 0 heterocycles. The summed E-state index contributed by atoms with van der Waals surface area (Å²) in [6.07, 6.45) is -4.00. The van der Waals surface area contributed by atoms with E-state index in [1.807, 2.05) is 69.3 Å². The Balaban J connectivity index is 1.85. The van der Waals surface area contributed by atoms with Crippen molar-refractivity contribution in [1.82, 2.24) is 10.2 Å². The van der Waals surface area contributed by atoms with Crippen LogP contribution in [0.3, 0.4) is 0 Å². The maximum absolute atomic E-state index is 14.5. The largest absolute Gasteiger partial charge is 0.416 e. The van der Waals surface area contributed by atoms with Gasteiger partial charge in [0.25, 0.3) is 10.0 Å². The zero-order valence-corrected chi connectivity index (χ0v) is 27.3. The number of carbonyl (C=O) groups excluding carboxylic acids is 2. The summed E-state index contributed by atoms with van der Waals surface area (Å²) < 4.78 is 70.1. The number of hydrogen-bond donors (Lipinski definition) is 1. The molecule has 7 nitrogen and oxygen atoms in total. The van der Waals surface area contributed by atoms with Crippen LogP contribution < -0.4 is 9.62 Å². The standard InChI is InChI=1S/C36H38F3N3O4S/c1-4-27(3)40-35(44)33(22-28-15-7-5-8-16-28)41(24-29-17-12-11-14-26(29)2)34(43)25-42(47(45,46)32-20-9-6-10-21-32)31-19-13-18-30(23-31)36(37,38)39/h5-21,23,27,33H,4,22,24-25H2,1-3H3,(H,40,44)/t27-,33+/m0/s1. The van der Waals surface area contributed by atoms with Crippen molar-refractivity contribution < 1.29 is 31.2 Å². The van der Waals surface area contributed by atoms with E-state index in [1.54, 1.807) is 12.1 Å². The molecule has 0 saturated heterocycles. The summed E-state index contributed by atoms with van der Waals surface area (Å²) in [6, 6.07) is 26.2. The Bertz CT molecular complexity index is 1770. The summed E-state index contributed by atoms with van der Waals surface area (Å²) >= 11 is 0. The van der Waals surface area contributed by atoms with Crippen molar-refractivity contribution in [3.05, 3.63) is 131 Å². The molecule has 0 fully saturated rings. The lowest BCUT2D eigenvalue weighted by atomic mass is 10.0. The number of benzene rings is 4. The lowest BCUT2D eigenvalue weighted by Gasteiger charge is -2.34. The zero-order valence-electron chi connectivity index (χ0n) is 26.4. The van der Waals surface area contributed by atoms with Gasteiger partial charge in [0.1, 0.15) is 12.6 Å². The first-order valence-corrected chi connectivity index (χ1v) is 16.7. The second-order valence-corrected chi connectivity index (χ2v) is 13.2. The van der Waals surface area contributed by atoms with Crippen molar-refractivity contribution in [2.45, 2.75) is 63.3 Å². The second-order valence-electron chi connectivity index (χ2n) is 11.3. The molecule has 1 N–H and O–H groups in total. The minimum atomic E-state index is -4.76. The van der Waals surface area contributed by atoms with Crippen LogP contribution in [0.25, 0.3) is 0 Å². The van der Waals surface area contributed by atoms with Crippen molar-refractivity contribution in [2.24, 2.45) is 0 Å². The Hall–Kier alpha value is -4.64. The number of amides is 2. The molecule has 4 aromatic carbocycles. The third kappa shape index (κ3) is 9.00. The summed E-state index contributed by atoms with van der Waals surface area (Å²) in [5, 5.41) is 2.96. The predicted molar refractivity (Wildman–Crippen MR) is 176 cm³/mol. The van der Waals surface area contributed by atoms with Crippen molar-refractivity contribution >= 4 is 27.5 Å². The maximum Gasteiger partial charge on any atom is 0.416 e. The van der Waals surface area contributed by atoms with Gasteiger partial charge in [-0.2, -0.15) is 13.2 Å². The fourth-order valence-corrected chi connectivity index (χ4v) is 6.48. The fourth-order valence-electron chi connectivity index (χ4n) is 5.05. The van der Waals surface area contributed by atoms with Crippen LogP contribution in [0.5, 0.6) is 0 Å². The highest BCUT2D eigenvalue weighted by Crippen LogP contribution is 2.33. The molecule has 11 heteroatoms. The summed E-state index contributed by atoms with van der Waals surface area (Å²) in [5.41, 5.74) is 0.939. The molecule has 0 aliphatic carbocycles. The van der Waals surface area contributed by atoms with Gasteiger partial charge < -0.3 is 10.2 Å². The maximum atomic E-state index is 14.5. The first kappa shape index (κ1) is 35.2. The van der Waals surface area contributed by atoms with Crippen LogP contribution in [0.2, 0.25) is 0 Å². The van der Waals surface area contributed by atoms with E-state index in [1.165, 1.54) is 35.2 Å². The Morgan fingerprint density at radius 1 is 0.851 bits per heavy atom. The van der Waals surface area contributed by atoms with Crippen LogP contribution in [-0.2, 0) is 38.8 Å². The van der Waals surface area contributed by atoms with Gasteiger partial charge in [0.2, 0.25) is 11.8 Å². The van der Waals surface area contributed by atoms with E-state index in [9.17, 15) is 31.2 Å². The number of carbonyl (C=O) groups is 2. The van der Waals surface area contributed by atoms with Crippen LogP contribution in [0.1, 0.15) is 42.5 Å². The molecule has 2 amide bonds. The molecular formula is C36H38F3N3O4S. The average Bonchev–Trinajstić information content (AvgIpc) is 3.06. The average molecular weight is 666 g/mol. The molecule has 0 saturated carbocycles. The Labute approximate surface area is 274 Å². The van der Waals surface area contributed by atoms with Crippen molar-refractivity contribution in [2.75, 3.05) is 10.8 Å². The highest BCUT2D eigenvalue weighted by Gasteiger charge is 2.36. The van der Waals surface area contributed by atoms with E-state index in [0.29, 0.717) is 16.8 Å². The molecule has 0 spiro atoms. The summed E-state index contributed by atoms with van der Waals surface area (Å²) in [5.74, 6) is -1.19. The third-order valence-corrected chi connectivity index (χ3v) is 9.73. The quantitative estimate of drug-likeness (QED) is 0.171. The molecule has 4 rings (SSSR count). The van der Waals surface area contributed by atoms with Gasteiger partial charge in [0.05, 0.1) is 16.1 Å². The Morgan fingerprint density at radius 2 is 1.47 bits per heavy atom. The molecule has 0 radical (unpaired) electrons. The first-order chi connectivity index (χ1) is 22.3. The normalized spacial score (nSPS) is 13.0. The second kappa shape index (κ2) is 15.3. The number of nitrogens with one attached hydrogen (secondary N) is 1. The molecule has 0 aliphatic rings. The highest BCUT2D eigenvalue weighted by molar-refractivity contribution is 7.92. The van der Waals surface area contributed by atoms with E-state index in [2.05, 4.69) is 5.32 Å². The number of rotatable bonds is 13. The van der Waals surface area contributed by atoms with Gasteiger partial charge in [-0.1, -0.05) is 85.8 Å². The van der Waals surface area contributed by atoms with Gasteiger partial charge in [-0.3, -0.25) is 13.9 Å². The summed E-state index contributed by atoms with van der Waals surface area (Å²) in [4.78, 5) is 29.5. The van der Waals surface area contributed by atoms with E-state index in [-0.39, 0.29) is 29.6 Å². The van der Waals surface area contributed by atoms with E-state index in [0.717, 1.165) is 28.8 Å². The van der Waals surface area contributed by atoms with E-state index in [4.69, 9.17) is 0 Å². The van der Waals surface area contributed by atoms with Crippen molar-refractivity contribution in [3.63, 3.8) is 0 Å². The molecular weight excluding hydrogens is 627 g/mol. The SMILES string of the molecule is CC[C@H](C)NC(=O)[C@@H](Cc1ccccc1)N(Cc1ccccc1C)C(=O)CN(c1cccc(C(F)(F)F)c1)S(=O)(=O)c1ccccc1. The van der Waals surface area contributed by atoms with Crippen LogP contribution in [0, 0.1) is 6.92 Å². The van der Waals surface area contributed by atoms with Gasteiger partial charge >= 0.3 is 6.18 Å². The van der Waals surface area contributed by atoms with Crippen LogP contribution >= 0.6 is 0 Å². The molecule has 0 bridgehead atoms. The van der Waals surface area contributed by atoms with E-state index < -0.39 is 46.2 Å². The van der Waals surface area contributed by atoms with Crippen LogP contribution in [0.15, 0.2) is 114 Å². The van der Waals surface area contributed by atoms with Crippen LogP contribution in [0.4, 0.5) is 18.9 Å². The van der Waals surface area contributed by atoms with Gasteiger partial charge in [-0.25, -0.2) is 8.42 Å². The number of anilines is 1. The number of hydrogen-bond acceptors (Lipinski definition) is 4. The molecule has 0 aliphatic heterocycles. The van der Waals surface area contributed by atoms with Gasteiger partial charge in [-0.15, -0.1) is 0 Å². The van der Waals surface area contributed by atoms with Gasteiger partial charge in [0, 0.05) is 19.0 Å². The molecule has 248 valence electrons. The lowest BCUT2D eigenvalue weighted by Crippen LogP contribution is -2.54. The monoisotopic (exact) mass is 665 g/mol. The molecule has 4 aromatic rings. The lowest BCUT2D eigenvalue weighted by molar-refractivity contribution is -0.140. The fraction of sp³-hybridized carbons (Fsp3) is 0.278. The van der Waals surface area contributed by atoms with Crippen molar-refractivity contribution in [3.8, 4) is 0 Å². The number of sulfonamides is 1. The number of aryl methyl sites for hydroxylation is 1. The highest BCUT2D eigenvalue weighted by atomic mass is 32.2. The van der Waals surface area contributed by atoms with E-state index >= 15 is 0 Å². The number of halogens is 3. The van der Waals surface area contributed by atoms with Crippen molar-refractivity contribution in [1.29, 1.82) is 0 Å². The predicted octanol–water partition coefficient (Wildman–Crippen LogP) is 6.76.